The highest BCUT2D eigenvalue weighted by Crippen LogP contribution is 2.34. The molecule has 1 unspecified atom stereocenters. The lowest BCUT2D eigenvalue weighted by molar-refractivity contribution is -0.386. The molecule has 4 fully saturated rings. The highest BCUT2D eigenvalue weighted by Gasteiger charge is 2.55. The van der Waals surface area contributed by atoms with Crippen molar-refractivity contribution in [3.8, 4) is 0 Å². The van der Waals surface area contributed by atoms with Gasteiger partial charge in [-0.2, -0.15) is 0 Å². The Morgan fingerprint density at radius 3 is 1.41 bits per heavy atom. The monoisotopic (exact) mass is 721 g/mol. The zero-order valence-corrected chi connectivity index (χ0v) is 26.4. The maximum Gasteiger partial charge on any atom is 0.217 e. The number of carbonyl (C=O) groups excluding carboxylic acids is 1. The maximum atomic E-state index is 11.8. The minimum Gasteiger partial charge on any atom is -0.394 e. The summed E-state index contributed by atoms with van der Waals surface area (Å²) in [5, 5.41) is 128. The van der Waals surface area contributed by atoms with Crippen LogP contribution < -0.4 is 5.32 Å². The molecule has 286 valence electrons. The standard InChI is InChI=1S/C27H47NO21/c1-7(33)28-12-15(36)13(34)8(3-29)43-24(12)49-23-14(35)9(4-30)44-27(20(23)41)48-22-11(6-32)46-26(19(40)17(22)38)47-21-10(5-31)45-25(42-2)18(39)16(21)37/h8-27,29-32,34-41H,3-6H2,1-2H3,(H,28,33)/t8-,9-,10-,11-,12-,13+,14+,15-,16-,17-,18-,19-,20-,21-,22+,23+,24-,25?,26+,27+/m1/s1. The van der Waals surface area contributed by atoms with E-state index in [1.54, 1.807) is 0 Å². The van der Waals surface area contributed by atoms with E-state index in [4.69, 9.17) is 37.9 Å². The van der Waals surface area contributed by atoms with Crippen LogP contribution in [0.15, 0.2) is 0 Å². The molecule has 0 saturated carbocycles. The van der Waals surface area contributed by atoms with Crippen LogP contribution in [0.3, 0.4) is 0 Å². The van der Waals surface area contributed by atoms with E-state index in [2.05, 4.69) is 5.32 Å². The van der Waals surface area contributed by atoms with Crippen LogP contribution in [-0.2, 0) is 42.7 Å². The number of carbonyl (C=O) groups is 1. The number of hydrogen-bond acceptors (Lipinski definition) is 21. The lowest BCUT2D eigenvalue weighted by atomic mass is 9.95. The largest absolute Gasteiger partial charge is 0.394 e. The van der Waals surface area contributed by atoms with Gasteiger partial charge in [-0.25, -0.2) is 0 Å². The maximum absolute atomic E-state index is 11.8. The topological polar surface area (TPSA) is 346 Å². The summed E-state index contributed by atoms with van der Waals surface area (Å²) in [6.07, 6.45) is -32.2. The van der Waals surface area contributed by atoms with Gasteiger partial charge < -0.3 is 104 Å². The van der Waals surface area contributed by atoms with Gasteiger partial charge >= 0.3 is 0 Å². The molecule has 0 aromatic heterocycles. The third kappa shape index (κ3) is 8.50. The second-order valence-corrected chi connectivity index (χ2v) is 12.1. The molecule has 49 heavy (non-hydrogen) atoms. The molecule has 4 saturated heterocycles. The zero-order chi connectivity index (χ0) is 36.3. The van der Waals surface area contributed by atoms with Crippen molar-refractivity contribution in [1.82, 2.24) is 5.32 Å². The summed E-state index contributed by atoms with van der Waals surface area (Å²) >= 11 is 0. The Hall–Kier alpha value is -1.33. The number of amides is 1. The van der Waals surface area contributed by atoms with Crippen molar-refractivity contribution in [1.29, 1.82) is 0 Å². The predicted octanol–water partition coefficient (Wildman–Crippen LogP) is -8.95. The molecular weight excluding hydrogens is 674 g/mol. The van der Waals surface area contributed by atoms with E-state index in [0.717, 1.165) is 6.92 Å². The molecule has 1 amide bonds. The Balaban J connectivity index is 1.51. The fourth-order valence-electron chi connectivity index (χ4n) is 6.13. The molecule has 22 heteroatoms. The predicted molar refractivity (Wildman–Crippen MR) is 150 cm³/mol. The first-order valence-corrected chi connectivity index (χ1v) is 15.5. The van der Waals surface area contributed by atoms with Crippen molar-refractivity contribution in [2.75, 3.05) is 33.5 Å². The van der Waals surface area contributed by atoms with Crippen LogP contribution in [0.2, 0.25) is 0 Å². The van der Waals surface area contributed by atoms with Gasteiger partial charge in [-0.15, -0.1) is 0 Å². The van der Waals surface area contributed by atoms with Crippen molar-refractivity contribution in [3.05, 3.63) is 0 Å². The molecule has 22 nitrogen and oxygen atoms in total. The van der Waals surface area contributed by atoms with Crippen molar-refractivity contribution < 1.29 is 104 Å². The van der Waals surface area contributed by atoms with E-state index < -0.39 is 155 Å². The molecule has 4 aliphatic rings. The van der Waals surface area contributed by atoms with Crippen LogP contribution in [0.5, 0.6) is 0 Å². The van der Waals surface area contributed by atoms with Crippen LogP contribution in [0, 0.1) is 0 Å². The number of nitrogens with one attached hydrogen (secondary N) is 1. The summed E-state index contributed by atoms with van der Waals surface area (Å²) in [4.78, 5) is 11.8. The third-order valence-corrected chi connectivity index (χ3v) is 8.82. The van der Waals surface area contributed by atoms with Gasteiger partial charge in [0.15, 0.2) is 25.2 Å². The Kier molecular flexibility index (Phi) is 14.4. The van der Waals surface area contributed by atoms with Crippen molar-refractivity contribution in [2.24, 2.45) is 0 Å². The van der Waals surface area contributed by atoms with Crippen molar-refractivity contribution >= 4 is 5.91 Å². The van der Waals surface area contributed by atoms with E-state index in [1.165, 1.54) is 7.11 Å². The molecule has 20 atom stereocenters. The summed E-state index contributed by atoms with van der Waals surface area (Å²) in [5.74, 6) is -0.687. The van der Waals surface area contributed by atoms with Crippen LogP contribution in [0.25, 0.3) is 0 Å². The van der Waals surface area contributed by atoms with E-state index in [1.807, 2.05) is 0 Å². The van der Waals surface area contributed by atoms with Crippen LogP contribution in [0.1, 0.15) is 6.92 Å². The average Bonchev–Trinajstić information content (AvgIpc) is 3.08. The van der Waals surface area contributed by atoms with Gasteiger partial charge in [0, 0.05) is 14.0 Å². The Morgan fingerprint density at radius 1 is 0.510 bits per heavy atom. The summed E-state index contributed by atoms with van der Waals surface area (Å²) < 4.78 is 43.9. The van der Waals surface area contributed by atoms with Gasteiger partial charge in [-0.3, -0.25) is 4.79 Å². The summed E-state index contributed by atoms with van der Waals surface area (Å²) in [5.41, 5.74) is 0. The number of aliphatic hydroxyl groups excluding tert-OH is 12. The van der Waals surface area contributed by atoms with E-state index in [0.29, 0.717) is 0 Å². The molecule has 0 aromatic carbocycles. The zero-order valence-electron chi connectivity index (χ0n) is 26.4. The van der Waals surface area contributed by atoms with E-state index in [-0.39, 0.29) is 0 Å². The SMILES string of the molecule is COC1O[C@H](CO)[C@@H](O[C@@H]2O[C@H](CO)[C@H](O[C@@H]3O[C@H](CO)[C@H](O)[C@H](O[C@H]4O[C@H](CO)[C@H](O)[C@H](O)[C@H]4NC(C)=O)[C@H]3O)[C@H](O)[C@H]2O)[C@H](O)[C@H]1O. The average molecular weight is 722 g/mol. The summed E-state index contributed by atoms with van der Waals surface area (Å²) in [7, 11) is 1.19. The molecule has 4 heterocycles. The van der Waals surface area contributed by atoms with Gasteiger partial charge in [-0.1, -0.05) is 0 Å². The van der Waals surface area contributed by atoms with Gasteiger partial charge in [-0.05, 0) is 0 Å². The van der Waals surface area contributed by atoms with Crippen LogP contribution in [-0.4, -0.2) is 223 Å². The third-order valence-electron chi connectivity index (χ3n) is 8.82. The first-order chi connectivity index (χ1) is 23.2. The fraction of sp³-hybridized carbons (Fsp3) is 0.963. The first kappa shape index (κ1) is 40.4. The number of rotatable bonds is 12. The Morgan fingerprint density at radius 2 is 0.918 bits per heavy atom. The van der Waals surface area contributed by atoms with Crippen molar-refractivity contribution in [2.45, 2.75) is 130 Å². The number of methoxy groups -OCH3 is 1. The van der Waals surface area contributed by atoms with Gasteiger partial charge in [0.2, 0.25) is 5.91 Å². The van der Waals surface area contributed by atoms with Crippen molar-refractivity contribution in [3.63, 3.8) is 0 Å². The van der Waals surface area contributed by atoms with Gasteiger partial charge in [0.25, 0.3) is 0 Å². The molecule has 0 aliphatic carbocycles. The Bertz CT molecular complexity index is 1040. The van der Waals surface area contributed by atoms with Crippen LogP contribution >= 0.6 is 0 Å². The molecule has 4 aliphatic heterocycles. The summed E-state index contributed by atoms with van der Waals surface area (Å²) in [6.45, 7) is -2.22. The number of aliphatic hydroxyl groups is 12. The first-order valence-electron chi connectivity index (χ1n) is 15.5. The lowest BCUT2D eigenvalue weighted by Crippen LogP contribution is -2.69. The minimum atomic E-state index is -2.01. The minimum absolute atomic E-state index is 0.687. The molecule has 13 N–H and O–H groups in total. The lowest BCUT2D eigenvalue weighted by Gasteiger charge is -2.49. The molecule has 0 radical (unpaired) electrons. The quantitative estimate of drug-likeness (QED) is 0.0889. The van der Waals surface area contributed by atoms with Gasteiger partial charge in [0.05, 0.1) is 26.4 Å². The fourth-order valence-corrected chi connectivity index (χ4v) is 6.13. The van der Waals surface area contributed by atoms with E-state index in [9.17, 15) is 66.1 Å². The molecular formula is C27H47NO21. The van der Waals surface area contributed by atoms with E-state index >= 15 is 0 Å². The number of ether oxygens (including phenoxy) is 8. The molecule has 0 bridgehead atoms. The normalized spacial score (nSPS) is 49.4. The highest BCUT2D eigenvalue weighted by molar-refractivity contribution is 5.73. The summed E-state index contributed by atoms with van der Waals surface area (Å²) in [6, 6.07) is -1.48. The van der Waals surface area contributed by atoms with Gasteiger partial charge in [0.1, 0.15) is 97.6 Å². The van der Waals surface area contributed by atoms with Crippen LogP contribution in [0.4, 0.5) is 0 Å². The molecule has 4 rings (SSSR count). The smallest absolute Gasteiger partial charge is 0.217 e. The number of hydrogen-bond donors (Lipinski definition) is 13. The molecule has 0 spiro atoms. The second-order valence-electron chi connectivity index (χ2n) is 12.1. The second kappa shape index (κ2) is 17.5. The highest BCUT2D eigenvalue weighted by atomic mass is 16.8. The Labute approximate surface area is 278 Å². The molecule has 0 aromatic rings.